The minimum absolute atomic E-state index is 0.0372. The monoisotopic (exact) mass is 499 g/mol. The van der Waals surface area contributed by atoms with E-state index in [2.05, 4.69) is 26.6 Å². The lowest BCUT2D eigenvalue weighted by atomic mass is 10.1. The third-order valence-corrected chi connectivity index (χ3v) is 5.13. The summed E-state index contributed by atoms with van der Waals surface area (Å²) in [6.07, 6.45) is 6.79. The molecule has 0 aliphatic heterocycles. The van der Waals surface area contributed by atoms with Crippen LogP contribution in [0.15, 0.2) is 36.5 Å². The summed E-state index contributed by atoms with van der Waals surface area (Å²) in [6.45, 7) is 6.14. The number of aromatic nitrogens is 3. The maximum absolute atomic E-state index is 13.4. The van der Waals surface area contributed by atoms with Gasteiger partial charge in [0.15, 0.2) is 12.4 Å². The van der Waals surface area contributed by atoms with Crippen LogP contribution in [-0.4, -0.2) is 39.7 Å². The zero-order chi connectivity index (χ0) is 24.8. The van der Waals surface area contributed by atoms with E-state index in [1.165, 1.54) is 23.0 Å². The molecule has 0 spiro atoms. The van der Waals surface area contributed by atoms with E-state index in [-0.39, 0.29) is 46.4 Å². The van der Waals surface area contributed by atoms with Crippen LogP contribution in [0.1, 0.15) is 40.3 Å². The van der Waals surface area contributed by atoms with Gasteiger partial charge in [0.25, 0.3) is 11.8 Å². The van der Waals surface area contributed by atoms with Gasteiger partial charge in [0.2, 0.25) is 5.88 Å². The quantitative estimate of drug-likeness (QED) is 0.443. The fourth-order valence-corrected chi connectivity index (χ4v) is 3.53. The van der Waals surface area contributed by atoms with Gasteiger partial charge < -0.3 is 15.4 Å². The average molecular weight is 500 g/mol. The van der Waals surface area contributed by atoms with Gasteiger partial charge in [0, 0.05) is 23.8 Å². The van der Waals surface area contributed by atoms with Crippen LogP contribution < -0.4 is 15.4 Å². The number of carbonyl (C=O) groups is 2. The van der Waals surface area contributed by atoms with E-state index in [0.717, 1.165) is 0 Å². The summed E-state index contributed by atoms with van der Waals surface area (Å²) in [5, 5.41) is 10.6. The number of pyridine rings is 1. The van der Waals surface area contributed by atoms with Crippen LogP contribution in [0.3, 0.4) is 0 Å². The molecule has 34 heavy (non-hydrogen) atoms. The fraction of sp³-hybridized carbons (Fsp3) is 0.250. The van der Waals surface area contributed by atoms with Gasteiger partial charge in [-0.05, 0) is 42.7 Å². The maximum Gasteiger partial charge on any atom is 0.274 e. The van der Waals surface area contributed by atoms with Crippen molar-refractivity contribution in [1.29, 1.82) is 0 Å². The van der Waals surface area contributed by atoms with E-state index in [4.69, 9.17) is 34.4 Å². The zero-order valence-electron chi connectivity index (χ0n) is 18.9. The first-order valence-electron chi connectivity index (χ1n) is 10.4. The van der Waals surface area contributed by atoms with Crippen molar-refractivity contribution in [3.63, 3.8) is 0 Å². The van der Waals surface area contributed by atoms with Crippen molar-refractivity contribution in [2.75, 3.05) is 18.5 Å². The van der Waals surface area contributed by atoms with Gasteiger partial charge in [-0.3, -0.25) is 9.59 Å². The molecule has 0 aliphatic rings. The van der Waals surface area contributed by atoms with Gasteiger partial charge in [0.1, 0.15) is 5.69 Å². The Morgan fingerprint density at radius 2 is 2.00 bits per heavy atom. The Hall–Kier alpha value is -3.54. The van der Waals surface area contributed by atoms with E-state index < -0.39 is 5.91 Å². The molecular weight excluding hydrogens is 477 g/mol. The Balaban J connectivity index is 2.02. The van der Waals surface area contributed by atoms with Gasteiger partial charge >= 0.3 is 0 Å². The number of rotatable bonds is 8. The SMILES string of the molecule is C#CCOc1cc(C(=O)Nc2c(C)cc(Cl)cc2C(=O)NCC(C)C)n(-c2ncccc2Cl)n1. The zero-order valence-corrected chi connectivity index (χ0v) is 20.4. The number of aryl methyl sites for hydroxylation is 1. The highest BCUT2D eigenvalue weighted by Crippen LogP contribution is 2.28. The van der Waals surface area contributed by atoms with E-state index in [1.54, 1.807) is 25.1 Å². The van der Waals surface area contributed by atoms with E-state index in [9.17, 15) is 9.59 Å². The van der Waals surface area contributed by atoms with Crippen LogP contribution >= 0.6 is 23.2 Å². The van der Waals surface area contributed by atoms with Crippen molar-refractivity contribution in [2.24, 2.45) is 5.92 Å². The third kappa shape index (κ3) is 5.87. The molecule has 0 radical (unpaired) electrons. The molecule has 2 N–H and O–H groups in total. The number of hydrogen-bond acceptors (Lipinski definition) is 5. The van der Waals surface area contributed by atoms with Crippen LogP contribution in [0.2, 0.25) is 10.0 Å². The molecule has 0 atom stereocenters. The second-order valence-corrected chi connectivity index (χ2v) is 8.63. The molecule has 3 rings (SSSR count). The van der Waals surface area contributed by atoms with Crippen LogP contribution in [-0.2, 0) is 0 Å². The van der Waals surface area contributed by atoms with Crippen LogP contribution in [0, 0.1) is 25.2 Å². The van der Waals surface area contributed by atoms with Gasteiger partial charge in [-0.25, -0.2) is 9.67 Å². The summed E-state index contributed by atoms with van der Waals surface area (Å²) >= 11 is 12.5. The third-order valence-electron chi connectivity index (χ3n) is 4.62. The van der Waals surface area contributed by atoms with Crippen molar-refractivity contribution in [1.82, 2.24) is 20.1 Å². The number of amides is 2. The molecule has 8 nitrogen and oxygen atoms in total. The fourth-order valence-electron chi connectivity index (χ4n) is 3.06. The minimum atomic E-state index is -0.562. The lowest BCUT2D eigenvalue weighted by molar-refractivity contribution is 0.0950. The molecule has 0 aliphatic carbocycles. The minimum Gasteiger partial charge on any atom is -0.463 e. The van der Waals surface area contributed by atoms with Crippen molar-refractivity contribution < 1.29 is 14.3 Å². The molecule has 10 heteroatoms. The number of nitrogens with zero attached hydrogens (tertiary/aromatic N) is 3. The number of carbonyl (C=O) groups excluding carboxylic acids is 2. The van der Waals surface area contributed by atoms with E-state index >= 15 is 0 Å². The predicted molar refractivity (Wildman–Crippen MR) is 132 cm³/mol. The Labute approximate surface area is 207 Å². The first-order chi connectivity index (χ1) is 16.2. The number of anilines is 1. The summed E-state index contributed by atoms with van der Waals surface area (Å²) in [5.41, 5.74) is 1.25. The summed E-state index contributed by atoms with van der Waals surface area (Å²) in [7, 11) is 0. The van der Waals surface area contributed by atoms with Gasteiger partial charge in [0.05, 0.1) is 16.3 Å². The molecular formula is C24H23Cl2N5O3. The summed E-state index contributed by atoms with van der Waals surface area (Å²) in [6, 6.07) is 7.86. The molecule has 0 saturated heterocycles. The van der Waals surface area contributed by atoms with Crippen molar-refractivity contribution in [3.05, 3.63) is 63.4 Å². The number of terminal acetylenes is 1. The average Bonchev–Trinajstić information content (AvgIpc) is 3.22. The summed E-state index contributed by atoms with van der Waals surface area (Å²) in [5.74, 6) is 2.03. The molecule has 0 saturated carbocycles. The largest absolute Gasteiger partial charge is 0.463 e. The molecule has 1 aromatic carbocycles. The maximum atomic E-state index is 13.4. The number of halogens is 2. The molecule has 2 amide bonds. The lowest BCUT2D eigenvalue weighted by Crippen LogP contribution is -2.29. The smallest absolute Gasteiger partial charge is 0.274 e. The normalized spacial score (nSPS) is 10.6. The second-order valence-electron chi connectivity index (χ2n) is 7.78. The van der Waals surface area contributed by atoms with Crippen LogP contribution in [0.25, 0.3) is 5.82 Å². The summed E-state index contributed by atoms with van der Waals surface area (Å²) < 4.78 is 6.65. The number of benzene rings is 1. The topological polar surface area (TPSA) is 98.1 Å². The number of nitrogens with one attached hydrogen (secondary N) is 2. The Morgan fingerprint density at radius 3 is 2.68 bits per heavy atom. The van der Waals surface area contributed by atoms with E-state index in [0.29, 0.717) is 22.8 Å². The predicted octanol–water partition coefficient (Wildman–Crippen LogP) is 4.53. The lowest BCUT2D eigenvalue weighted by Gasteiger charge is -2.16. The molecule has 0 bridgehead atoms. The molecule has 2 heterocycles. The molecule has 2 aromatic heterocycles. The Bertz CT molecular complexity index is 1260. The van der Waals surface area contributed by atoms with E-state index in [1.807, 2.05) is 13.8 Å². The highest BCUT2D eigenvalue weighted by Gasteiger charge is 2.23. The Morgan fingerprint density at radius 1 is 1.24 bits per heavy atom. The van der Waals surface area contributed by atoms with Crippen molar-refractivity contribution in [3.8, 4) is 24.0 Å². The summed E-state index contributed by atoms with van der Waals surface area (Å²) in [4.78, 5) is 30.4. The highest BCUT2D eigenvalue weighted by molar-refractivity contribution is 6.32. The van der Waals surface area contributed by atoms with Crippen LogP contribution in [0.4, 0.5) is 5.69 Å². The van der Waals surface area contributed by atoms with Gasteiger partial charge in [-0.1, -0.05) is 43.0 Å². The van der Waals surface area contributed by atoms with Gasteiger partial charge in [-0.15, -0.1) is 11.5 Å². The van der Waals surface area contributed by atoms with Crippen LogP contribution in [0.5, 0.6) is 5.88 Å². The molecule has 176 valence electrons. The van der Waals surface area contributed by atoms with Crippen molar-refractivity contribution >= 4 is 40.7 Å². The first-order valence-corrected chi connectivity index (χ1v) is 11.1. The number of ether oxygens (including phenoxy) is 1. The molecule has 0 fully saturated rings. The Kier molecular flexibility index (Phi) is 8.16. The second kappa shape index (κ2) is 11.1. The molecule has 0 unspecified atom stereocenters. The highest BCUT2D eigenvalue weighted by atomic mass is 35.5. The van der Waals surface area contributed by atoms with Gasteiger partial charge in [-0.2, -0.15) is 0 Å². The van der Waals surface area contributed by atoms with Crippen molar-refractivity contribution in [2.45, 2.75) is 20.8 Å². The molecule has 3 aromatic rings. The standard InChI is InChI=1S/C24H23Cl2N5O3/c1-5-9-34-20-12-19(31(30-20)22-18(26)7-6-8-27-22)24(33)29-21-15(4)10-16(25)11-17(21)23(32)28-13-14(2)3/h1,6-8,10-12,14H,9,13H2,2-4H3,(H,28,32)(H,29,33). The number of hydrogen-bond donors (Lipinski definition) is 2. The first kappa shape index (κ1) is 25.1.